The molecule has 2 heterocycles. The minimum atomic E-state index is 0.0836. The summed E-state index contributed by atoms with van der Waals surface area (Å²) in [5, 5.41) is 0. The van der Waals surface area contributed by atoms with Crippen LogP contribution in [0.2, 0.25) is 0 Å². The van der Waals surface area contributed by atoms with Gasteiger partial charge in [0.15, 0.2) is 0 Å². The molecule has 0 aromatic heterocycles. The van der Waals surface area contributed by atoms with Crippen molar-refractivity contribution in [2.45, 2.75) is 38.3 Å². The highest BCUT2D eigenvalue weighted by Crippen LogP contribution is 2.25. The second-order valence-electron chi connectivity index (χ2n) is 6.67. The Balaban J connectivity index is 1.73. The number of carbonyl (C=O) groups excluding carboxylic acids is 1. The SMILES string of the molecule is CCOc1cccc(C(=O)N2C[C@@H](OC)C[C@H]2CN2CCCC2)c1. The number of nitrogens with zero attached hydrogens (tertiary/aromatic N) is 2. The maximum Gasteiger partial charge on any atom is 0.254 e. The third kappa shape index (κ3) is 3.90. The average Bonchev–Trinajstić information content (AvgIpc) is 3.25. The van der Waals surface area contributed by atoms with Crippen LogP contribution in [-0.2, 0) is 4.74 Å². The molecule has 5 nitrogen and oxygen atoms in total. The molecule has 1 amide bonds. The number of hydrogen-bond acceptors (Lipinski definition) is 4. The van der Waals surface area contributed by atoms with Crippen molar-refractivity contribution in [2.24, 2.45) is 0 Å². The molecule has 2 atom stereocenters. The normalized spacial score (nSPS) is 24.5. The quantitative estimate of drug-likeness (QED) is 0.802. The first-order valence-electron chi connectivity index (χ1n) is 9.00. The Kier molecular flexibility index (Phi) is 5.74. The molecular weight excluding hydrogens is 304 g/mol. The maximum absolute atomic E-state index is 13.0. The second kappa shape index (κ2) is 7.99. The molecule has 1 aromatic carbocycles. The molecule has 132 valence electrons. The van der Waals surface area contributed by atoms with Gasteiger partial charge in [0.2, 0.25) is 0 Å². The van der Waals surface area contributed by atoms with Gasteiger partial charge in [-0.25, -0.2) is 0 Å². The zero-order chi connectivity index (χ0) is 16.9. The van der Waals surface area contributed by atoms with Gasteiger partial charge in [0.25, 0.3) is 5.91 Å². The first kappa shape index (κ1) is 17.2. The molecule has 0 aliphatic carbocycles. The van der Waals surface area contributed by atoms with E-state index in [0.717, 1.165) is 31.8 Å². The fourth-order valence-corrected chi connectivity index (χ4v) is 3.78. The van der Waals surface area contributed by atoms with Crippen molar-refractivity contribution in [1.82, 2.24) is 9.80 Å². The molecule has 2 aliphatic heterocycles. The van der Waals surface area contributed by atoms with Crippen molar-refractivity contribution in [3.63, 3.8) is 0 Å². The van der Waals surface area contributed by atoms with Crippen molar-refractivity contribution < 1.29 is 14.3 Å². The molecule has 2 saturated heterocycles. The van der Waals surface area contributed by atoms with Crippen LogP contribution in [0, 0.1) is 0 Å². The van der Waals surface area contributed by atoms with Gasteiger partial charge in [-0.15, -0.1) is 0 Å². The highest BCUT2D eigenvalue weighted by atomic mass is 16.5. The van der Waals surface area contributed by atoms with Crippen molar-refractivity contribution in [1.29, 1.82) is 0 Å². The smallest absolute Gasteiger partial charge is 0.254 e. The number of likely N-dealkylation sites (tertiary alicyclic amines) is 2. The van der Waals surface area contributed by atoms with Gasteiger partial charge >= 0.3 is 0 Å². The summed E-state index contributed by atoms with van der Waals surface area (Å²) in [5.74, 6) is 0.835. The molecular formula is C19H28N2O3. The molecule has 3 rings (SSSR count). The minimum absolute atomic E-state index is 0.0836. The molecule has 0 radical (unpaired) electrons. The molecule has 24 heavy (non-hydrogen) atoms. The molecule has 2 fully saturated rings. The third-order valence-corrected chi connectivity index (χ3v) is 5.03. The number of methoxy groups -OCH3 is 1. The molecule has 5 heteroatoms. The van der Waals surface area contributed by atoms with Crippen LogP contribution in [0.1, 0.15) is 36.5 Å². The van der Waals surface area contributed by atoms with E-state index in [1.165, 1.54) is 12.8 Å². The highest BCUT2D eigenvalue weighted by Gasteiger charge is 2.37. The average molecular weight is 332 g/mol. The van der Waals surface area contributed by atoms with Gasteiger partial charge in [-0.1, -0.05) is 6.07 Å². The molecule has 0 saturated carbocycles. The van der Waals surface area contributed by atoms with Crippen molar-refractivity contribution in [3.8, 4) is 5.75 Å². The van der Waals surface area contributed by atoms with E-state index in [-0.39, 0.29) is 18.1 Å². The van der Waals surface area contributed by atoms with Crippen molar-refractivity contribution >= 4 is 5.91 Å². The van der Waals surface area contributed by atoms with Gasteiger partial charge in [0.1, 0.15) is 5.75 Å². The van der Waals surface area contributed by atoms with Crippen LogP contribution in [0.25, 0.3) is 0 Å². The lowest BCUT2D eigenvalue weighted by atomic mass is 10.1. The first-order valence-corrected chi connectivity index (χ1v) is 9.00. The fourth-order valence-electron chi connectivity index (χ4n) is 3.78. The highest BCUT2D eigenvalue weighted by molar-refractivity contribution is 5.95. The largest absolute Gasteiger partial charge is 0.494 e. The molecule has 0 bridgehead atoms. The van der Waals surface area contributed by atoms with E-state index in [0.29, 0.717) is 18.7 Å². The molecule has 1 aromatic rings. The number of hydrogen-bond donors (Lipinski definition) is 0. The van der Waals surface area contributed by atoms with Crippen molar-refractivity contribution in [3.05, 3.63) is 29.8 Å². The molecule has 2 aliphatic rings. The van der Waals surface area contributed by atoms with Crippen LogP contribution in [0.5, 0.6) is 5.75 Å². The number of amides is 1. The first-order chi connectivity index (χ1) is 11.7. The Morgan fingerprint density at radius 2 is 2.08 bits per heavy atom. The molecule has 0 N–H and O–H groups in total. The summed E-state index contributed by atoms with van der Waals surface area (Å²) in [6.07, 6.45) is 3.59. The number of rotatable bonds is 6. The van der Waals surface area contributed by atoms with E-state index < -0.39 is 0 Å². The Hall–Kier alpha value is -1.59. The number of ether oxygens (including phenoxy) is 2. The second-order valence-corrected chi connectivity index (χ2v) is 6.67. The van der Waals surface area contributed by atoms with Gasteiger partial charge in [0.05, 0.1) is 12.7 Å². The lowest BCUT2D eigenvalue weighted by molar-refractivity contribution is 0.0669. The minimum Gasteiger partial charge on any atom is -0.494 e. The Bertz CT molecular complexity index is 557. The molecule has 0 unspecified atom stereocenters. The zero-order valence-corrected chi connectivity index (χ0v) is 14.7. The summed E-state index contributed by atoms with van der Waals surface area (Å²) in [6.45, 7) is 6.48. The summed E-state index contributed by atoms with van der Waals surface area (Å²) in [4.78, 5) is 17.5. The monoisotopic (exact) mass is 332 g/mol. The predicted octanol–water partition coefficient (Wildman–Crippen LogP) is 2.41. The molecule has 0 spiro atoms. The Morgan fingerprint density at radius 3 is 2.79 bits per heavy atom. The van der Waals surface area contributed by atoms with E-state index in [1.54, 1.807) is 7.11 Å². The van der Waals surface area contributed by atoms with E-state index in [2.05, 4.69) is 4.90 Å². The summed E-state index contributed by atoms with van der Waals surface area (Å²) in [6, 6.07) is 7.73. The summed E-state index contributed by atoms with van der Waals surface area (Å²) < 4.78 is 11.1. The maximum atomic E-state index is 13.0. The lowest BCUT2D eigenvalue weighted by Crippen LogP contribution is -2.42. The summed E-state index contributed by atoms with van der Waals surface area (Å²) in [5.41, 5.74) is 0.698. The van der Waals surface area contributed by atoms with Gasteiger partial charge in [-0.05, 0) is 57.5 Å². The lowest BCUT2D eigenvalue weighted by Gasteiger charge is -2.28. The van der Waals surface area contributed by atoms with Gasteiger partial charge in [0, 0.05) is 31.8 Å². The summed E-state index contributed by atoms with van der Waals surface area (Å²) in [7, 11) is 1.74. The predicted molar refractivity (Wildman–Crippen MR) is 93.5 cm³/mol. The third-order valence-electron chi connectivity index (χ3n) is 5.03. The van der Waals surface area contributed by atoms with E-state index in [4.69, 9.17) is 9.47 Å². The van der Waals surface area contributed by atoms with Crippen LogP contribution in [-0.4, -0.2) is 67.7 Å². The summed E-state index contributed by atoms with van der Waals surface area (Å²) >= 11 is 0. The Morgan fingerprint density at radius 1 is 1.29 bits per heavy atom. The standard InChI is InChI=1S/C19H28N2O3/c1-3-24-17-8-6-7-15(11-17)19(22)21-14-18(23-2)12-16(21)13-20-9-4-5-10-20/h6-8,11,16,18H,3-5,9-10,12-14H2,1-2H3/t16-,18-/m0/s1. The van der Waals surface area contributed by atoms with Crippen LogP contribution >= 0.6 is 0 Å². The topological polar surface area (TPSA) is 42.0 Å². The zero-order valence-electron chi connectivity index (χ0n) is 14.7. The van der Waals surface area contributed by atoms with Crippen LogP contribution < -0.4 is 4.74 Å². The van der Waals surface area contributed by atoms with Crippen LogP contribution in [0.3, 0.4) is 0 Å². The number of benzene rings is 1. The van der Waals surface area contributed by atoms with Crippen LogP contribution in [0.15, 0.2) is 24.3 Å². The Labute approximate surface area is 144 Å². The van der Waals surface area contributed by atoms with Gasteiger partial charge in [-0.2, -0.15) is 0 Å². The van der Waals surface area contributed by atoms with Gasteiger partial charge in [-0.3, -0.25) is 4.79 Å². The van der Waals surface area contributed by atoms with Crippen molar-refractivity contribution in [2.75, 3.05) is 39.9 Å². The van der Waals surface area contributed by atoms with E-state index >= 15 is 0 Å². The van der Waals surface area contributed by atoms with E-state index in [9.17, 15) is 4.79 Å². The number of carbonyl (C=O) groups is 1. The van der Waals surface area contributed by atoms with E-state index in [1.807, 2.05) is 36.1 Å². The fraction of sp³-hybridized carbons (Fsp3) is 0.632. The van der Waals surface area contributed by atoms with Crippen LogP contribution in [0.4, 0.5) is 0 Å². The van der Waals surface area contributed by atoms with Gasteiger partial charge < -0.3 is 19.3 Å².